The molecule has 0 aromatic carbocycles. The van der Waals surface area contributed by atoms with Crippen LogP contribution in [0.15, 0.2) is 6.20 Å². The summed E-state index contributed by atoms with van der Waals surface area (Å²) in [7, 11) is 1.63. The minimum absolute atomic E-state index is 0.00358. The second kappa shape index (κ2) is 6.40. The monoisotopic (exact) mass is 341 g/mol. The lowest BCUT2D eigenvalue weighted by Crippen LogP contribution is -2.40. The first kappa shape index (κ1) is 16.0. The summed E-state index contributed by atoms with van der Waals surface area (Å²) in [6.45, 7) is 0.545. The second-order valence-corrected chi connectivity index (χ2v) is 4.84. The van der Waals surface area contributed by atoms with Gasteiger partial charge in [0, 0.05) is 25.1 Å². The van der Waals surface area contributed by atoms with Crippen molar-refractivity contribution in [2.45, 2.75) is 19.5 Å². The molecule has 0 aliphatic rings. The molecule has 0 saturated heterocycles. The van der Waals surface area contributed by atoms with Gasteiger partial charge >= 0.3 is 6.18 Å². The van der Waals surface area contributed by atoms with Crippen molar-refractivity contribution in [3.8, 4) is 0 Å². The molecule has 8 heteroatoms. The standard InChI is InChI=1S/C11H15BrF3N3O/c1-3-9-8(6-17(2)16-9)10(19)18(5-4-12)7-11(13,14)15/h6H,3-5,7H2,1-2H3. The zero-order chi connectivity index (χ0) is 14.6. The average Bonchev–Trinajstić information content (AvgIpc) is 2.67. The number of halogens is 4. The molecule has 1 aromatic heterocycles. The molecule has 0 atom stereocenters. The summed E-state index contributed by atoms with van der Waals surface area (Å²) in [6.07, 6.45) is -2.46. The lowest BCUT2D eigenvalue weighted by atomic mass is 10.2. The van der Waals surface area contributed by atoms with Gasteiger partial charge in [-0.05, 0) is 6.42 Å². The number of rotatable bonds is 5. The zero-order valence-corrected chi connectivity index (χ0v) is 12.3. The fourth-order valence-electron chi connectivity index (χ4n) is 1.72. The maximum absolute atomic E-state index is 12.5. The van der Waals surface area contributed by atoms with Gasteiger partial charge in [-0.1, -0.05) is 22.9 Å². The number of carbonyl (C=O) groups excluding carboxylic acids is 1. The van der Waals surface area contributed by atoms with E-state index in [4.69, 9.17) is 0 Å². The van der Waals surface area contributed by atoms with E-state index < -0.39 is 18.6 Å². The van der Waals surface area contributed by atoms with Gasteiger partial charge in [-0.25, -0.2) is 0 Å². The van der Waals surface area contributed by atoms with Crippen LogP contribution in [0.25, 0.3) is 0 Å². The van der Waals surface area contributed by atoms with Gasteiger partial charge in [-0.15, -0.1) is 0 Å². The maximum Gasteiger partial charge on any atom is 0.406 e. The number of nitrogens with zero attached hydrogens (tertiary/aromatic N) is 3. The van der Waals surface area contributed by atoms with E-state index in [9.17, 15) is 18.0 Å². The van der Waals surface area contributed by atoms with Crippen LogP contribution in [0.5, 0.6) is 0 Å². The first-order valence-corrected chi connectivity index (χ1v) is 6.85. The lowest BCUT2D eigenvalue weighted by Gasteiger charge is -2.22. The van der Waals surface area contributed by atoms with Crippen LogP contribution in [-0.4, -0.2) is 45.2 Å². The van der Waals surface area contributed by atoms with Crippen LogP contribution in [0.1, 0.15) is 23.0 Å². The van der Waals surface area contributed by atoms with Gasteiger partial charge in [0.2, 0.25) is 0 Å². The van der Waals surface area contributed by atoms with E-state index in [0.29, 0.717) is 12.1 Å². The second-order valence-electron chi connectivity index (χ2n) is 4.05. The molecular formula is C11H15BrF3N3O. The maximum atomic E-state index is 12.5. The fraction of sp³-hybridized carbons (Fsp3) is 0.636. The van der Waals surface area contributed by atoms with Crippen molar-refractivity contribution in [3.05, 3.63) is 17.5 Å². The number of aryl methyl sites for hydroxylation is 2. The first-order chi connectivity index (χ1) is 8.78. The molecule has 1 heterocycles. The predicted molar refractivity (Wildman–Crippen MR) is 68.3 cm³/mol. The summed E-state index contributed by atoms with van der Waals surface area (Å²) in [5.41, 5.74) is 0.740. The average molecular weight is 342 g/mol. The van der Waals surface area contributed by atoms with Crippen LogP contribution < -0.4 is 0 Å². The van der Waals surface area contributed by atoms with Gasteiger partial charge < -0.3 is 4.90 Å². The van der Waals surface area contributed by atoms with Gasteiger partial charge in [0.15, 0.2) is 0 Å². The Labute approximate surface area is 117 Å². The van der Waals surface area contributed by atoms with Crippen molar-refractivity contribution in [1.82, 2.24) is 14.7 Å². The van der Waals surface area contributed by atoms with E-state index in [0.717, 1.165) is 4.90 Å². The molecule has 0 aliphatic heterocycles. The summed E-state index contributed by atoms with van der Waals surface area (Å²) in [5, 5.41) is 4.35. The Morgan fingerprint density at radius 1 is 1.53 bits per heavy atom. The van der Waals surface area contributed by atoms with Gasteiger partial charge in [0.25, 0.3) is 5.91 Å². The van der Waals surface area contributed by atoms with E-state index in [-0.39, 0.29) is 17.4 Å². The third kappa shape index (κ3) is 4.52. The largest absolute Gasteiger partial charge is 0.406 e. The highest BCUT2D eigenvalue weighted by molar-refractivity contribution is 9.09. The van der Waals surface area contributed by atoms with Crippen molar-refractivity contribution < 1.29 is 18.0 Å². The van der Waals surface area contributed by atoms with Crippen LogP contribution in [0.3, 0.4) is 0 Å². The number of carbonyl (C=O) groups is 1. The van der Waals surface area contributed by atoms with Gasteiger partial charge in [0.1, 0.15) is 6.54 Å². The molecule has 1 aromatic rings. The molecule has 108 valence electrons. The number of aromatic nitrogens is 2. The van der Waals surface area contributed by atoms with E-state index in [1.54, 1.807) is 14.0 Å². The predicted octanol–water partition coefficient (Wildman–Crippen LogP) is 2.38. The summed E-state index contributed by atoms with van der Waals surface area (Å²) in [5.74, 6) is -0.637. The van der Waals surface area contributed by atoms with Crippen molar-refractivity contribution in [1.29, 1.82) is 0 Å². The quantitative estimate of drug-likeness (QED) is 0.771. The highest BCUT2D eigenvalue weighted by atomic mass is 79.9. The smallest absolute Gasteiger partial charge is 0.329 e. The Balaban J connectivity index is 2.98. The molecule has 0 N–H and O–H groups in total. The molecule has 0 aliphatic carbocycles. The van der Waals surface area contributed by atoms with Crippen molar-refractivity contribution in [2.24, 2.45) is 7.05 Å². The SMILES string of the molecule is CCc1nn(C)cc1C(=O)N(CCBr)CC(F)(F)F. The number of hydrogen-bond donors (Lipinski definition) is 0. The van der Waals surface area contributed by atoms with Crippen LogP contribution >= 0.6 is 15.9 Å². The highest BCUT2D eigenvalue weighted by Crippen LogP contribution is 2.19. The van der Waals surface area contributed by atoms with E-state index in [2.05, 4.69) is 21.0 Å². The summed E-state index contributed by atoms with van der Waals surface area (Å²) < 4.78 is 38.8. The zero-order valence-electron chi connectivity index (χ0n) is 10.7. The third-order valence-electron chi connectivity index (χ3n) is 2.48. The van der Waals surface area contributed by atoms with Crippen LogP contribution in [-0.2, 0) is 13.5 Å². The van der Waals surface area contributed by atoms with Crippen molar-refractivity contribution in [3.63, 3.8) is 0 Å². The van der Waals surface area contributed by atoms with E-state index in [1.165, 1.54) is 10.9 Å². The molecular weight excluding hydrogens is 327 g/mol. The minimum atomic E-state index is -4.41. The highest BCUT2D eigenvalue weighted by Gasteiger charge is 2.34. The Kier molecular flexibility index (Phi) is 5.39. The molecule has 0 spiro atoms. The molecule has 0 saturated carbocycles. The van der Waals surface area contributed by atoms with Gasteiger partial charge in [0.05, 0.1) is 11.3 Å². The lowest BCUT2D eigenvalue weighted by molar-refractivity contribution is -0.140. The minimum Gasteiger partial charge on any atom is -0.329 e. The number of alkyl halides is 4. The van der Waals surface area contributed by atoms with Crippen molar-refractivity contribution >= 4 is 21.8 Å². The molecule has 19 heavy (non-hydrogen) atoms. The van der Waals surface area contributed by atoms with Gasteiger partial charge in [-0.2, -0.15) is 18.3 Å². The topological polar surface area (TPSA) is 38.1 Å². The van der Waals surface area contributed by atoms with Crippen LogP contribution in [0, 0.1) is 0 Å². The Morgan fingerprint density at radius 2 is 2.16 bits per heavy atom. The summed E-state index contributed by atoms with van der Waals surface area (Å²) in [4.78, 5) is 12.9. The van der Waals surface area contributed by atoms with Crippen LogP contribution in [0.2, 0.25) is 0 Å². The molecule has 0 fully saturated rings. The normalized spacial score (nSPS) is 11.7. The van der Waals surface area contributed by atoms with Crippen molar-refractivity contribution in [2.75, 3.05) is 18.4 Å². The van der Waals surface area contributed by atoms with E-state index >= 15 is 0 Å². The Morgan fingerprint density at radius 3 is 2.63 bits per heavy atom. The fourth-order valence-corrected chi connectivity index (χ4v) is 2.14. The molecule has 0 radical (unpaired) electrons. The number of hydrogen-bond acceptors (Lipinski definition) is 2. The summed E-state index contributed by atoms with van der Waals surface area (Å²) in [6, 6.07) is 0. The van der Waals surface area contributed by atoms with Gasteiger partial charge in [-0.3, -0.25) is 9.48 Å². The summed E-state index contributed by atoms with van der Waals surface area (Å²) >= 11 is 3.06. The van der Waals surface area contributed by atoms with E-state index in [1.807, 2.05) is 0 Å². The molecule has 0 unspecified atom stereocenters. The Bertz CT molecular complexity index is 445. The Hall–Kier alpha value is -1.05. The molecule has 0 bridgehead atoms. The van der Waals surface area contributed by atoms with Crippen LogP contribution in [0.4, 0.5) is 13.2 Å². The molecule has 4 nitrogen and oxygen atoms in total. The third-order valence-corrected chi connectivity index (χ3v) is 2.84. The number of amides is 1. The molecule has 1 rings (SSSR count). The molecule has 1 amide bonds. The first-order valence-electron chi connectivity index (χ1n) is 5.73.